The molecule has 0 aliphatic heterocycles. The van der Waals surface area contributed by atoms with Crippen LogP contribution in [0.15, 0.2) is 0 Å². The van der Waals surface area contributed by atoms with Crippen molar-refractivity contribution in [2.24, 2.45) is 0 Å². The van der Waals surface area contributed by atoms with Crippen LogP contribution in [-0.2, 0) is 22.4 Å². The maximum atomic E-state index is 1.56. The average molecular weight is 395 g/mol. The first-order valence-corrected chi connectivity index (χ1v) is 7.37. The van der Waals surface area contributed by atoms with E-state index in [1.807, 2.05) is 0 Å². The second kappa shape index (κ2) is 7.44. The van der Waals surface area contributed by atoms with Crippen molar-refractivity contribution < 1.29 is 22.4 Å². The van der Waals surface area contributed by atoms with E-state index in [0.29, 0.717) is 0 Å². The maximum Gasteiger partial charge on any atom is 0 e. The summed E-state index contributed by atoms with van der Waals surface area (Å²) in [4.78, 5) is 0. The fourth-order valence-corrected chi connectivity index (χ4v) is 5.02. The Morgan fingerprint density at radius 1 is 0.571 bits per heavy atom. The van der Waals surface area contributed by atoms with E-state index in [1.165, 1.54) is 47.1 Å². The molecule has 87 valence electrons. The molecule has 0 aromatic heterocycles. The first kappa shape index (κ1) is 13.2. The van der Waals surface area contributed by atoms with Crippen LogP contribution in [0.2, 0.25) is 0 Å². The van der Waals surface area contributed by atoms with Gasteiger partial charge < -0.3 is 0 Å². The van der Waals surface area contributed by atoms with Gasteiger partial charge in [0.05, 0.1) is 0 Å². The van der Waals surface area contributed by atoms with Crippen molar-refractivity contribution in [3.63, 3.8) is 0 Å². The molecule has 0 amide bonds. The van der Waals surface area contributed by atoms with Gasteiger partial charge in [-0.1, -0.05) is 38.5 Å². The standard InChI is InChI=1S/C12H23P.Au/c1-3-7-11(8-4-1)13-12-9-5-2-6-10-12;/h11-13H,1-10H2;. The van der Waals surface area contributed by atoms with Crippen LogP contribution in [0, 0.1) is 0 Å². The Labute approximate surface area is 106 Å². The molecule has 2 heteroatoms. The van der Waals surface area contributed by atoms with Crippen LogP contribution in [0.5, 0.6) is 0 Å². The number of hydrogen-bond donors (Lipinski definition) is 0. The summed E-state index contributed by atoms with van der Waals surface area (Å²) in [6.45, 7) is 0. The van der Waals surface area contributed by atoms with Crippen LogP contribution in [0.3, 0.4) is 0 Å². The Morgan fingerprint density at radius 3 is 1.29 bits per heavy atom. The average Bonchev–Trinajstić information content (AvgIpc) is 2.21. The van der Waals surface area contributed by atoms with E-state index >= 15 is 0 Å². The quantitative estimate of drug-likeness (QED) is 0.483. The summed E-state index contributed by atoms with van der Waals surface area (Å²) >= 11 is 0. The Balaban J connectivity index is 0.000000980. The molecule has 2 saturated carbocycles. The van der Waals surface area contributed by atoms with Crippen LogP contribution in [0.1, 0.15) is 64.2 Å². The van der Waals surface area contributed by atoms with Crippen LogP contribution in [0.4, 0.5) is 0 Å². The van der Waals surface area contributed by atoms with Crippen molar-refractivity contribution in [2.45, 2.75) is 75.5 Å². The van der Waals surface area contributed by atoms with Gasteiger partial charge in [-0.05, 0) is 37.0 Å². The Morgan fingerprint density at radius 2 is 0.929 bits per heavy atom. The summed E-state index contributed by atoms with van der Waals surface area (Å²) in [5, 5.41) is 0. The minimum absolute atomic E-state index is 0. The van der Waals surface area contributed by atoms with Crippen LogP contribution < -0.4 is 0 Å². The van der Waals surface area contributed by atoms with E-state index in [1.54, 1.807) is 25.7 Å². The fourth-order valence-electron chi connectivity index (χ4n) is 2.87. The first-order chi connectivity index (χ1) is 6.45. The monoisotopic (exact) mass is 395 g/mol. The molecule has 2 aliphatic carbocycles. The molecule has 0 saturated heterocycles. The van der Waals surface area contributed by atoms with Gasteiger partial charge in [-0.2, -0.15) is 0 Å². The summed E-state index contributed by atoms with van der Waals surface area (Å²) in [7, 11) is 1.33. The summed E-state index contributed by atoms with van der Waals surface area (Å²) in [5.41, 5.74) is 2.30. The molecule has 2 aliphatic rings. The zero-order valence-corrected chi connectivity index (χ0v) is 12.2. The maximum absolute atomic E-state index is 1.56. The number of hydrogen-bond acceptors (Lipinski definition) is 0. The summed E-state index contributed by atoms with van der Waals surface area (Å²) in [6.07, 6.45) is 15.4. The van der Waals surface area contributed by atoms with Crippen LogP contribution in [0.25, 0.3) is 0 Å². The zero-order chi connectivity index (χ0) is 8.93. The molecule has 0 atom stereocenters. The van der Waals surface area contributed by atoms with E-state index < -0.39 is 0 Å². The molecule has 0 aromatic rings. The minimum Gasteiger partial charge on any atom is -0.116 e. The van der Waals surface area contributed by atoms with Crippen molar-refractivity contribution in [1.29, 1.82) is 0 Å². The fraction of sp³-hybridized carbons (Fsp3) is 1.00. The van der Waals surface area contributed by atoms with Gasteiger partial charge >= 0.3 is 0 Å². The molecule has 0 bridgehead atoms. The van der Waals surface area contributed by atoms with Gasteiger partial charge in [0.1, 0.15) is 0 Å². The molecule has 0 spiro atoms. The smallest absolute Gasteiger partial charge is 0 e. The van der Waals surface area contributed by atoms with Crippen LogP contribution >= 0.6 is 8.58 Å². The molecule has 0 unspecified atom stereocenters. The largest absolute Gasteiger partial charge is 0.116 e. The van der Waals surface area contributed by atoms with Crippen molar-refractivity contribution in [3.05, 3.63) is 0 Å². The molecule has 0 nitrogen and oxygen atoms in total. The summed E-state index contributed by atoms with van der Waals surface area (Å²) < 4.78 is 0. The van der Waals surface area contributed by atoms with Gasteiger partial charge in [-0.25, -0.2) is 0 Å². The second-order valence-corrected chi connectivity index (χ2v) is 6.80. The Kier molecular flexibility index (Phi) is 7.04. The van der Waals surface area contributed by atoms with E-state index in [0.717, 1.165) is 11.3 Å². The number of rotatable bonds is 2. The first-order valence-electron chi connectivity index (χ1n) is 6.21. The van der Waals surface area contributed by atoms with E-state index in [9.17, 15) is 0 Å². The van der Waals surface area contributed by atoms with Crippen molar-refractivity contribution in [1.82, 2.24) is 0 Å². The Hall–Kier alpha value is 1.17. The predicted octanol–water partition coefficient (Wildman–Crippen LogP) is 4.33. The topological polar surface area (TPSA) is 0 Å². The molecular weight excluding hydrogens is 372 g/mol. The third kappa shape index (κ3) is 4.35. The van der Waals surface area contributed by atoms with E-state index in [2.05, 4.69) is 0 Å². The predicted molar refractivity (Wildman–Crippen MR) is 62.1 cm³/mol. The summed E-state index contributed by atoms with van der Waals surface area (Å²) in [6, 6.07) is 0. The van der Waals surface area contributed by atoms with Crippen LogP contribution in [-0.4, -0.2) is 11.3 Å². The molecular formula is C12H23AuP. The van der Waals surface area contributed by atoms with Gasteiger partial charge in [0.15, 0.2) is 0 Å². The molecule has 2 fully saturated rings. The second-order valence-electron chi connectivity index (χ2n) is 4.84. The van der Waals surface area contributed by atoms with Gasteiger partial charge in [0.2, 0.25) is 0 Å². The minimum atomic E-state index is 0. The zero-order valence-electron chi connectivity index (χ0n) is 9.03. The van der Waals surface area contributed by atoms with Gasteiger partial charge in [0, 0.05) is 22.4 Å². The van der Waals surface area contributed by atoms with Crippen molar-refractivity contribution in [2.75, 3.05) is 0 Å². The SMILES string of the molecule is C1CCC(PC2CCCCC2)CC1.[Au]. The third-order valence-corrected chi connectivity index (χ3v) is 5.78. The normalized spacial score (nSPS) is 25.7. The van der Waals surface area contributed by atoms with Crippen molar-refractivity contribution in [3.8, 4) is 0 Å². The molecule has 1 radical (unpaired) electrons. The van der Waals surface area contributed by atoms with Crippen molar-refractivity contribution >= 4 is 8.58 Å². The summed E-state index contributed by atoms with van der Waals surface area (Å²) in [5.74, 6) is 0. The third-order valence-electron chi connectivity index (χ3n) is 3.68. The Bertz CT molecular complexity index is 121. The van der Waals surface area contributed by atoms with Gasteiger partial charge in [0.25, 0.3) is 0 Å². The molecule has 0 heterocycles. The molecule has 0 N–H and O–H groups in total. The van der Waals surface area contributed by atoms with E-state index in [4.69, 9.17) is 0 Å². The molecule has 14 heavy (non-hydrogen) atoms. The molecule has 0 aromatic carbocycles. The van der Waals surface area contributed by atoms with Gasteiger partial charge in [-0.3, -0.25) is 0 Å². The van der Waals surface area contributed by atoms with Gasteiger partial charge in [-0.15, -0.1) is 8.58 Å². The van der Waals surface area contributed by atoms with E-state index in [-0.39, 0.29) is 22.4 Å². The molecule has 2 rings (SSSR count).